The van der Waals surface area contributed by atoms with Gasteiger partial charge < -0.3 is 5.32 Å². The first-order chi connectivity index (χ1) is 8.31. The Bertz CT molecular complexity index is 367. The van der Waals surface area contributed by atoms with Crippen LogP contribution in [-0.2, 0) is 0 Å². The number of piperazine rings is 1. The summed E-state index contributed by atoms with van der Waals surface area (Å²) in [4.78, 5) is 2.56. The molecular formula is C15H22N2. The molecule has 1 N–H and O–H groups in total. The van der Waals surface area contributed by atoms with Crippen LogP contribution in [0.2, 0.25) is 0 Å². The maximum atomic E-state index is 3.90. The summed E-state index contributed by atoms with van der Waals surface area (Å²) in [6.45, 7) is 10.5. The first-order valence-electron chi connectivity index (χ1n) is 6.43. The number of benzene rings is 1. The molecule has 0 aliphatic carbocycles. The van der Waals surface area contributed by atoms with Crippen molar-refractivity contribution >= 4 is 0 Å². The molecule has 0 unspecified atom stereocenters. The van der Waals surface area contributed by atoms with Gasteiger partial charge in [0.1, 0.15) is 0 Å². The van der Waals surface area contributed by atoms with Crippen LogP contribution in [0.25, 0.3) is 0 Å². The van der Waals surface area contributed by atoms with Crippen molar-refractivity contribution in [3.63, 3.8) is 0 Å². The summed E-state index contributed by atoms with van der Waals surface area (Å²) in [7, 11) is 0. The Morgan fingerprint density at radius 3 is 2.82 bits per heavy atom. The van der Waals surface area contributed by atoms with Gasteiger partial charge in [0.25, 0.3) is 0 Å². The van der Waals surface area contributed by atoms with Crippen LogP contribution in [-0.4, -0.2) is 31.1 Å². The fourth-order valence-corrected chi connectivity index (χ4v) is 2.53. The van der Waals surface area contributed by atoms with E-state index in [9.17, 15) is 0 Å². The molecule has 0 spiro atoms. The molecule has 2 rings (SSSR count). The monoisotopic (exact) mass is 230 g/mol. The van der Waals surface area contributed by atoms with Gasteiger partial charge in [-0.1, -0.05) is 35.9 Å². The summed E-state index contributed by atoms with van der Waals surface area (Å²) in [5.41, 5.74) is 2.76. The molecule has 1 aromatic rings. The summed E-state index contributed by atoms with van der Waals surface area (Å²) in [6.07, 6.45) is 3.07. The minimum absolute atomic E-state index is 0.495. The van der Waals surface area contributed by atoms with E-state index in [0.29, 0.717) is 6.04 Å². The Morgan fingerprint density at radius 2 is 2.18 bits per heavy atom. The zero-order valence-corrected chi connectivity index (χ0v) is 10.7. The third-order valence-electron chi connectivity index (χ3n) is 3.41. The highest BCUT2D eigenvalue weighted by Gasteiger charge is 2.20. The Balaban J connectivity index is 2.18. The van der Waals surface area contributed by atoms with Gasteiger partial charge in [-0.15, -0.1) is 6.58 Å². The lowest BCUT2D eigenvalue weighted by atomic mass is 9.99. The van der Waals surface area contributed by atoms with Crippen molar-refractivity contribution in [3.05, 3.63) is 48.0 Å². The molecule has 1 heterocycles. The van der Waals surface area contributed by atoms with Crippen LogP contribution in [0.4, 0.5) is 0 Å². The lowest BCUT2D eigenvalue weighted by molar-refractivity contribution is 0.174. The largest absolute Gasteiger partial charge is 0.314 e. The van der Waals surface area contributed by atoms with Crippen molar-refractivity contribution in [1.29, 1.82) is 0 Å². The highest BCUT2D eigenvalue weighted by Crippen LogP contribution is 2.25. The number of aryl methyl sites for hydroxylation is 1. The number of hydrogen-bond donors (Lipinski definition) is 1. The maximum absolute atomic E-state index is 3.90. The summed E-state index contributed by atoms with van der Waals surface area (Å²) >= 11 is 0. The fourth-order valence-electron chi connectivity index (χ4n) is 2.53. The summed E-state index contributed by atoms with van der Waals surface area (Å²) in [5.74, 6) is 0. The number of nitrogens with zero attached hydrogens (tertiary/aromatic N) is 1. The average Bonchev–Trinajstić information content (AvgIpc) is 2.37. The minimum Gasteiger partial charge on any atom is -0.314 e. The lowest BCUT2D eigenvalue weighted by Crippen LogP contribution is -2.45. The molecule has 0 aromatic heterocycles. The Kier molecular flexibility index (Phi) is 4.35. The van der Waals surface area contributed by atoms with Crippen LogP contribution in [0.3, 0.4) is 0 Å². The van der Waals surface area contributed by atoms with Gasteiger partial charge in [-0.3, -0.25) is 4.90 Å². The molecule has 0 amide bonds. The molecule has 0 radical (unpaired) electrons. The molecule has 1 aliphatic heterocycles. The molecule has 1 atom stereocenters. The molecule has 17 heavy (non-hydrogen) atoms. The van der Waals surface area contributed by atoms with Crippen molar-refractivity contribution < 1.29 is 0 Å². The van der Waals surface area contributed by atoms with E-state index in [-0.39, 0.29) is 0 Å². The molecule has 1 saturated heterocycles. The van der Waals surface area contributed by atoms with E-state index in [4.69, 9.17) is 0 Å². The molecule has 0 saturated carbocycles. The number of hydrogen-bond acceptors (Lipinski definition) is 2. The normalized spacial score (nSPS) is 18.9. The van der Waals surface area contributed by atoms with Crippen LogP contribution in [0.1, 0.15) is 23.6 Å². The standard InChI is InChI=1S/C15H22N2/c1-3-5-15(17-10-8-16-9-11-17)14-7-4-6-13(2)12-14/h3-4,6-7,12,15-16H,1,5,8-11H2,2H3/t15-/m1/s1. The molecule has 2 heteroatoms. The van der Waals surface area contributed by atoms with E-state index in [1.165, 1.54) is 11.1 Å². The van der Waals surface area contributed by atoms with E-state index in [1.54, 1.807) is 0 Å². The van der Waals surface area contributed by atoms with Crippen LogP contribution in [0.5, 0.6) is 0 Å². The third kappa shape index (κ3) is 3.18. The molecule has 1 aliphatic rings. The second kappa shape index (κ2) is 5.99. The zero-order valence-electron chi connectivity index (χ0n) is 10.7. The molecule has 0 bridgehead atoms. The van der Waals surface area contributed by atoms with E-state index >= 15 is 0 Å². The summed E-state index contributed by atoms with van der Waals surface area (Å²) in [6, 6.07) is 9.35. The van der Waals surface area contributed by atoms with E-state index in [1.807, 2.05) is 6.08 Å². The highest BCUT2D eigenvalue weighted by molar-refractivity contribution is 5.25. The quantitative estimate of drug-likeness (QED) is 0.800. The van der Waals surface area contributed by atoms with Crippen molar-refractivity contribution in [2.75, 3.05) is 26.2 Å². The molecular weight excluding hydrogens is 208 g/mol. The van der Waals surface area contributed by atoms with Gasteiger partial charge in [0, 0.05) is 32.2 Å². The first kappa shape index (κ1) is 12.3. The molecule has 2 nitrogen and oxygen atoms in total. The second-order valence-corrected chi connectivity index (χ2v) is 4.74. The molecule has 1 aromatic carbocycles. The Morgan fingerprint density at radius 1 is 1.41 bits per heavy atom. The predicted molar refractivity (Wildman–Crippen MR) is 73.2 cm³/mol. The van der Waals surface area contributed by atoms with Crippen LogP contribution >= 0.6 is 0 Å². The fraction of sp³-hybridized carbons (Fsp3) is 0.467. The van der Waals surface area contributed by atoms with Crippen molar-refractivity contribution in [3.8, 4) is 0 Å². The topological polar surface area (TPSA) is 15.3 Å². The van der Waals surface area contributed by atoms with Gasteiger partial charge in [0.2, 0.25) is 0 Å². The summed E-state index contributed by atoms with van der Waals surface area (Å²) in [5, 5.41) is 3.41. The zero-order chi connectivity index (χ0) is 12.1. The Hall–Kier alpha value is -1.12. The van der Waals surface area contributed by atoms with E-state index in [0.717, 1.165) is 32.6 Å². The van der Waals surface area contributed by atoms with Gasteiger partial charge >= 0.3 is 0 Å². The van der Waals surface area contributed by atoms with E-state index < -0.39 is 0 Å². The second-order valence-electron chi connectivity index (χ2n) is 4.74. The van der Waals surface area contributed by atoms with Crippen molar-refractivity contribution in [2.24, 2.45) is 0 Å². The van der Waals surface area contributed by atoms with Gasteiger partial charge in [-0.2, -0.15) is 0 Å². The summed E-state index contributed by atoms with van der Waals surface area (Å²) < 4.78 is 0. The van der Waals surface area contributed by atoms with Gasteiger partial charge in [-0.25, -0.2) is 0 Å². The van der Waals surface area contributed by atoms with Crippen molar-refractivity contribution in [2.45, 2.75) is 19.4 Å². The van der Waals surface area contributed by atoms with Gasteiger partial charge in [-0.05, 0) is 18.9 Å². The number of nitrogens with one attached hydrogen (secondary N) is 1. The maximum Gasteiger partial charge on any atom is 0.0383 e. The molecule has 92 valence electrons. The van der Waals surface area contributed by atoms with Crippen LogP contribution < -0.4 is 5.32 Å². The van der Waals surface area contributed by atoms with Gasteiger partial charge in [0.05, 0.1) is 0 Å². The first-order valence-corrected chi connectivity index (χ1v) is 6.43. The third-order valence-corrected chi connectivity index (χ3v) is 3.41. The van der Waals surface area contributed by atoms with Gasteiger partial charge in [0.15, 0.2) is 0 Å². The smallest absolute Gasteiger partial charge is 0.0383 e. The lowest BCUT2D eigenvalue weighted by Gasteiger charge is -2.35. The van der Waals surface area contributed by atoms with Crippen molar-refractivity contribution in [1.82, 2.24) is 10.2 Å². The van der Waals surface area contributed by atoms with E-state index in [2.05, 4.69) is 48.0 Å². The highest BCUT2D eigenvalue weighted by atomic mass is 15.2. The average molecular weight is 230 g/mol. The SMILES string of the molecule is C=CC[C@H](c1cccc(C)c1)N1CCNCC1. The molecule has 1 fully saturated rings. The van der Waals surface area contributed by atoms with Crippen LogP contribution in [0, 0.1) is 6.92 Å². The predicted octanol–water partition coefficient (Wildman–Crippen LogP) is 2.52. The number of rotatable bonds is 4. The minimum atomic E-state index is 0.495. The Labute approximate surface area is 104 Å². The van der Waals surface area contributed by atoms with Crippen LogP contribution in [0.15, 0.2) is 36.9 Å².